The molecule has 5 heteroatoms. The molecule has 0 aliphatic carbocycles. The van der Waals surface area contributed by atoms with Crippen LogP contribution >= 0.6 is 0 Å². The molecule has 1 aliphatic rings. The van der Waals surface area contributed by atoms with Gasteiger partial charge in [0.2, 0.25) is 0 Å². The zero-order valence-electron chi connectivity index (χ0n) is 10.0. The van der Waals surface area contributed by atoms with Gasteiger partial charge in [0.15, 0.2) is 0 Å². The van der Waals surface area contributed by atoms with Crippen LogP contribution < -0.4 is 0 Å². The third-order valence-electron chi connectivity index (χ3n) is 2.88. The summed E-state index contributed by atoms with van der Waals surface area (Å²) in [5, 5.41) is 9.20. The van der Waals surface area contributed by atoms with Crippen LogP contribution in [-0.2, 0) is 14.3 Å². The number of methoxy groups -OCH3 is 1. The normalized spacial score (nSPS) is 23.6. The maximum absolute atomic E-state index is 11.4. The van der Waals surface area contributed by atoms with Crippen molar-refractivity contribution >= 4 is 5.78 Å². The molecule has 0 bridgehead atoms. The zero-order valence-corrected chi connectivity index (χ0v) is 10.0. The molecule has 0 radical (unpaired) electrons. The van der Waals surface area contributed by atoms with E-state index in [2.05, 4.69) is 0 Å². The predicted molar refractivity (Wildman–Crippen MR) is 59.1 cm³/mol. The van der Waals surface area contributed by atoms with Crippen molar-refractivity contribution in [3.8, 4) is 0 Å². The highest BCUT2D eigenvalue weighted by Crippen LogP contribution is 2.21. The highest BCUT2D eigenvalue weighted by atomic mass is 16.5. The summed E-state index contributed by atoms with van der Waals surface area (Å²) in [6.45, 7) is 3.25. The van der Waals surface area contributed by atoms with Crippen LogP contribution in [0.15, 0.2) is 0 Å². The first-order valence-electron chi connectivity index (χ1n) is 5.68. The fourth-order valence-electron chi connectivity index (χ4n) is 2.03. The van der Waals surface area contributed by atoms with Gasteiger partial charge in [-0.1, -0.05) is 0 Å². The topological polar surface area (TPSA) is 59.0 Å². The Balaban J connectivity index is 2.46. The highest BCUT2D eigenvalue weighted by molar-refractivity contribution is 5.81. The van der Waals surface area contributed by atoms with Gasteiger partial charge in [0.25, 0.3) is 0 Å². The van der Waals surface area contributed by atoms with Crippen molar-refractivity contribution < 1.29 is 19.4 Å². The molecule has 1 saturated heterocycles. The van der Waals surface area contributed by atoms with Gasteiger partial charge in [-0.2, -0.15) is 0 Å². The third kappa shape index (κ3) is 3.52. The molecule has 2 atom stereocenters. The van der Waals surface area contributed by atoms with Crippen molar-refractivity contribution in [2.24, 2.45) is 0 Å². The number of aliphatic hydroxyl groups excluding tert-OH is 1. The van der Waals surface area contributed by atoms with E-state index in [1.54, 1.807) is 7.11 Å². The molecule has 2 unspecified atom stereocenters. The van der Waals surface area contributed by atoms with E-state index in [0.717, 1.165) is 19.4 Å². The smallest absolute Gasteiger partial charge is 0.149 e. The molecule has 0 aromatic carbocycles. The lowest BCUT2D eigenvalue weighted by atomic mass is 10.2. The number of hydrogen-bond acceptors (Lipinski definition) is 5. The molecule has 1 fully saturated rings. The number of rotatable bonds is 7. The summed E-state index contributed by atoms with van der Waals surface area (Å²) < 4.78 is 10.5. The first kappa shape index (κ1) is 13.6. The van der Waals surface area contributed by atoms with Gasteiger partial charge in [0, 0.05) is 13.7 Å². The van der Waals surface area contributed by atoms with Gasteiger partial charge < -0.3 is 14.6 Å². The Morgan fingerprint density at radius 2 is 2.31 bits per heavy atom. The molecule has 0 spiro atoms. The summed E-state index contributed by atoms with van der Waals surface area (Å²) >= 11 is 0. The minimum absolute atomic E-state index is 0.00950. The van der Waals surface area contributed by atoms with Gasteiger partial charge >= 0.3 is 0 Å². The number of likely N-dealkylation sites (tertiary alicyclic amines) is 1. The summed E-state index contributed by atoms with van der Waals surface area (Å²) in [5.74, 6) is -0.00950. The number of carbonyl (C=O) groups excluding carboxylic acids is 1. The molecular formula is C11H21NO4. The Morgan fingerprint density at radius 3 is 2.88 bits per heavy atom. The third-order valence-corrected chi connectivity index (χ3v) is 2.88. The van der Waals surface area contributed by atoms with Gasteiger partial charge in [-0.25, -0.2) is 0 Å². The monoisotopic (exact) mass is 231 g/mol. The lowest BCUT2D eigenvalue weighted by molar-refractivity contribution is -0.131. The molecule has 1 rings (SSSR count). The Morgan fingerprint density at radius 1 is 1.56 bits per heavy atom. The number of ketones is 1. The van der Waals surface area contributed by atoms with Crippen molar-refractivity contribution in [2.75, 3.05) is 33.5 Å². The van der Waals surface area contributed by atoms with Crippen molar-refractivity contribution in [1.29, 1.82) is 0 Å². The quantitative estimate of drug-likeness (QED) is 0.626. The van der Waals surface area contributed by atoms with E-state index in [-0.39, 0.29) is 18.6 Å². The van der Waals surface area contributed by atoms with E-state index < -0.39 is 6.04 Å². The van der Waals surface area contributed by atoms with Crippen LogP contribution in [0.5, 0.6) is 0 Å². The first-order chi connectivity index (χ1) is 7.70. The fourth-order valence-corrected chi connectivity index (χ4v) is 2.03. The molecule has 0 saturated carbocycles. The van der Waals surface area contributed by atoms with Gasteiger partial charge in [0.1, 0.15) is 12.0 Å². The predicted octanol–water partition coefficient (Wildman–Crippen LogP) is 0.0212. The van der Waals surface area contributed by atoms with Crippen molar-refractivity contribution in [3.63, 3.8) is 0 Å². The van der Waals surface area contributed by atoms with E-state index in [0.29, 0.717) is 13.2 Å². The second-order valence-corrected chi connectivity index (χ2v) is 4.01. The Bertz CT molecular complexity index is 222. The fraction of sp³-hybridized carbons (Fsp3) is 0.909. The van der Waals surface area contributed by atoms with Gasteiger partial charge in [-0.15, -0.1) is 0 Å². The average Bonchev–Trinajstić information content (AvgIpc) is 2.68. The lowest BCUT2D eigenvalue weighted by Crippen LogP contribution is -2.46. The van der Waals surface area contributed by atoms with E-state index >= 15 is 0 Å². The molecule has 16 heavy (non-hydrogen) atoms. The van der Waals surface area contributed by atoms with E-state index in [1.165, 1.54) is 6.92 Å². The maximum atomic E-state index is 11.4. The molecule has 94 valence electrons. The summed E-state index contributed by atoms with van der Waals surface area (Å²) in [4.78, 5) is 13.3. The number of hydrogen-bond donors (Lipinski definition) is 1. The van der Waals surface area contributed by atoms with Crippen LogP contribution in [0, 0.1) is 0 Å². The van der Waals surface area contributed by atoms with Gasteiger partial charge in [0.05, 0.1) is 25.9 Å². The standard InChI is InChI=1S/C11H21NO4/c1-9(14)10(8-13)12-5-3-4-11(12)16-7-6-15-2/h10-11,13H,3-8H2,1-2H3. The van der Waals surface area contributed by atoms with Crippen LogP contribution in [-0.4, -0.2) is 61.5 Å². The number of aliphatic hydroxyl groups is 1. The SMILES string of the molecule is COCCOC1CCCN1C(CO)C(C)=O. The lowest BCUT2D eigenvalue weighted by Gasteiger charge is -2.29. The molecule has 0 aromatic rings. The average molecular weight is 231 g/mol. The number of Topliss-reactive ketones (excluding diaryl/α,β-unsaturated/α-hetero) is 1. The van der Waals surface area contributed by atoms with Crippen molar-refractivity contribution in [2.45, 2.75) is 32.0 Å². The molecular weight excluding hydrogens is 210 g/mol. The van der Waals surface area contributed by atoms with Crippen LogP contribution in [0.4, 0.5) is 0 Å². The van der Waals surface area contributed by atoms with E-state index in [4.69, 9.17) is 9.47 Å². The molecule has 5 nitrogen and oxygen atoms in total. The van der Waals surface area contributed by atoms with Gasteiger partial charge in [-0.3, -0.25) is 9.69 Å². The largest absolute Gasteiger partial charge is 0.394 e. The molecule has 1 aliphatic heterocycles. The minimum atomic E-state index is -0.421. The molecule has 0 aromatic heterocycles. The Kier molecular flexibility index (Phi) is 5.90. The second-order valence-electron chi connectivity index (χ2n) is 4.01. The Labute approximate surface area is 96.3 Å². The van der Waals surface area contributed by atoms with Crippen molar-refractivity contribution in [1.82, 2.24) is 4.90 Å². The maximum Gasteiger partial charge on any atom is 0.149 e. The van der Waals surface area contributed by atoms with Crippen LogP contribution in [0.1, 0.15) is 19.8 Å². The van der Waals surface area contributed by atoms with E-state index in [9.17, 15) is 9.90 Å². The van der Waals surface area contributed by atoms with Crippen LogP contribution in [0.3, 0.4) is 0 Å². The number of nitrogens with zero attached hydrogens (tertiary/aromatic N) is 1. The summed E-state index contributed by atoms with van der Waals surface area (Å²) in [7, 11) is 1.63. The summed E-state index contributed by atoms with van der Waals surface area (Å²) in [6.07, 6.45) is 1.85. The minimum Gasteiger partial charge on any atom is -0.394 e. The second kappa shape index (κ2) is 6.96. The van der Waals surface area contributed by atoms with Gasteiger partial charge in [-0.05, 0) is 19.8 Å². The Hall–Kier alpha value is -0.490. The molecule has 1 N–H and O–H groups in total. The van der Waals surface area contributed by atoms with E-state index in [1.807, 2.05) is 4.90 Å². The van der Waals surface area contributed by atoms with Crippen molar-refractivity contribution in [3.05, 3.63) is 0 Å². The molecule has 0 amide bonds. The zero-order chi connectivity index (χ0) is 12.0. The molecule has 1 heterocycles. The number of ether oxygens (including phenoxy) is 2. The first-order valence-corrected chi connectivity index (χ1v) is 5.68. The summed E-state index contributed by atoms with van der Waals surface area (Å²) in [5.41, 5.74) is 0. The highest BCUT2D eigenvalue weighted by Gasteiger charge is 2.33. The van der Waals surface area contributed by atoms with Crippen LogP contribution in [0.2, 0.25) is 0 Å². The summed E-state index contributed by atoms with van der Waals surface area (Å²) in [6, 6.07) is -0.421. The number of carbonyl (C=O) groups is 1. The van der Waals surface area contributed by atoms with Crippen LogP contribution in [0.25, 0.3) is 0 Å².